The number of carbonyl (C=O) groups is 1. The van der Waals surface area contributed by atoms with Crippen molar-refractivity contribution < 1.29 is 14.3 Å². The van der Waals surface area contributed by atoms with Gasteiger partial charge in [-0.05, 0) is 56.2 Å². The van der Waals surface area contributed by atoms with Crippen LogP contribution in [0.5, 0.6) is 17.4 Å². The first-order valence-electron chi connectivity index (χ1n) is 9.52. The SMILES string of the molecule is COc1ccc(Oc2cc(C)nc([C@H]3CCCN3C(=O)c3cccnc3)n2)cc1. The number of benzene rings is 1. The van der Waals surface area contributed by atoms with Crippen LogP contribution >= 0.6 is 0 Å². The molecule has 1 aliphatic heterocycles. The first-order chi connectivity index (χ1) is 14.1. The number of amides is 1. The lowest BCUT2D eigenvalue weighted by molar-refractivity contribution is 0.0728. The molecule has 3 heterocycles. The zero-order valence-electron chi connectivity index (χ0n) is 16.4. The molecule has 148 valence electrons. The zero-order valence-corrected chi connectivity index (χ0v) is 16.4. The van der Waals surface area contributed by atoms with Gasteiger partial charge in [0.25, 0.3) is 5.91 Å². The van der Waals surface area contributed by atoms with Gasteiger partial charge < -0.3 is 14.4 Å². The maximum absolute atomic E-state index is 12.9. The molecular weight excluding hydrogens is 368 g/mol. The molecule has 2 aromatic heterocycles. The zero-order chi connectivity index (χ0) is 20.2. The van der Waals surface area contributed by atoms with Crippen LogP contribution in [-0.2, 0) is 0 Å². The van der Waals surface area contributed by atoms with Crippen LogP contribution in [0.1, 0.15) is 40.8 Å². The van der Waals surface area contributed by atoms with Gasteiger partial charge in [-0.2, -0.15) is 4.98 Å². The largest absolute Gasteiger partial charge is 0.497 e. The highest BCUT2D eigenvalue weighted by molar-refractivity contribution is 5.94. The number of ether oxygens (including phenoxy) is 2. The fraction of sp³-hybridized carbons (Fsp3) is 0.273. The number of carbonyl (C=O) groups excluding carboxylic acids is 1. The lowest BCUT2D eigenvalue weighted by Gasteiger charge is -2.24. The molecule has 0 unspecified atom stereocenters. The Labute approximate surface area is 169 Å². The van der Waals surface area contributed by atoms with Crippen molar-refractivity contribution in [2.45, 2.75) is 25.8 Å². The molecule has 1 fully saturated rings. The van der Waals surface area contributed by atoms with Gasteiger partial charge in [0.2, 0.25) is 5.88 Å². The summed E-state index contributed by atoms with van der Waals surface area (Å²) in [6.07, 6.45) is 4.97. The normalized spacial score (nSPS) is 15.9. The van der Waals surface area contributed by atoms with Gasteiger partial charge in [0.1, 0.15) is 11.5 Å². The third kappa shape index (κ3) is 4.18. The summed E-state index contributed by atoms with van der Waals surface area (Å²) < 4.78 is 11.1. The second-order valence-electron chi connectivity index (χ2n) is 6.88. The van der Waals surface area contributed by atoms with E-state index in [0.29, 0.717) is 29.6 Å². The van der Waals surface area contributed by atoms with Crippen LogP contribution in [0, 0.1) is 6.92 Å². The molecule has 3 aromatic rings. The van der Waals surface area contributed by atoms with Crippen LogP contribution in [0.2, 0.25) is 0 Å². The van der Waals surface area contributed by atoms with Crippen LogP contribution in [-0.4, -0.2) is 39.4 Å². The van der Waals surface area contributed by atoms with Crippen molar-refractivity contribution in [1.82, 2.24) is 19.9 Å². The average Bonchev–Trinajstić information content (AvgIpc) is 3.24. The summed E-state index contributed by atoms with van der Waals surface area (Å²) in [7, 11) is 1.62. The van der Waals surface area contributed by atoms with Gasteiger partial charge in [0.05, 0.1) is 18.7 Å². The standard InChI is InChI=1S/C22H22N4O3/c1-15-13-20(29-18-9-7-17(28-2)8-10-18)25-21(24-15)19-6-4-12-26(19)22(27)16-5-3-11-23-14-16/h3,5,7-11,13-14,19H,4,6,12H2,1-2H3/t19-/m1/s1. The quantitative estimate of drug-likeness (QED) is 0.656. The Balaban J connectivity index is 1.58. The van der Waals surface area contributed by atoms with Gasteiger partial charge >= 0.3 is 0 Å². The van der Waals surface area contributed by atoms with E-state index in [1.54, 1.807) is 37.7 Å². The topological polar surface area (TPSA) is 77.4 Å². The predicted octanol–water partition coefficient (Wildman–Crippen LogP) is 3.96. The molecule has 0 spiro atoms. The van der Waals surface area contributed by atoms with E-state index in [-0.39, 0.29) is 11.9 Å². The Kier molecular flexibility index (Phi) is 5.37. The highest BCUT2D eigenvalue weighted by Crippen LogP contribution is 2.33. The molecule has 1 aliphatic rings. The summed E-state index contributed by atoms with van der Waals surface area (Å²) in [6, 6.07) is 12.5. The predicted molar refractivity (Wildman–Crippen MR) is 107 cm³/mol. The van der Waals surface area contributed by atoms with Gasteiger partial charge in [-0.3, -0.25) is 9.78 Å². The molecule has 29 heavy (non-hydrogen) atoms. The van der Waals surface area contributed by atoms with Gasteiger partial charge in [0.15, 0.2) is 5.82 Å². The molecule has 7 heteroatoms. The molecule has 0 saturated carbocycles. The summed E-state index contributed by atoms with van der Waals surface area (Å²) >= 11 is 0. The Morgan fingerprint density at radius 1 is 1.14 bits per heavy atom. The highest BCUT2D eigenvalue weighted by atomic mass is 16.5. The second-order valence-corrected chi connectivity index (χ2v) is 6.88. The number of nitrogens with zero attached hydrogens (tertiary/aromatic N) is 4. The summed E-state index contributed by atoms with van der Waals surface area (Å²) in [6.45, 7) is 2.57. The fourth-order valence-electron chi connectivity index (χ4n) is 3.46. The molecule has 1 amide bonds. The van der Waals surface area contributed by atoms with Crippen LogP contribution in [0.4, 0.5) is 0 Å². The Bertz CT molecular complexity index is 993. The smallest absolute Gasteiger partial charge is 0.256 e. The summed E-state index contributed by atoms with van der Waals surface area (Å²) in [5.74, 6) is 2.42. The molecule has 1 atom stereocenters. The van der Waals surface area contributed by atoms with Gasteiger partial charge in [0, 0.05) is 30.7 Å². The van der Waals surface area contributed by atoms with Crippen molar-refractivity contribution >= 4 is 5.91 Å². The minimum Gasteiger partial charge on any atom is -0.497 e. The summed E-state index contributed by atoms with van der Waals surface area (Å²) in [4.78, 5) is 28.0. The molecule has 1 saturated heterocycles. The van der Waals surface area contributed by atoms with E-state index in [0.717, 1.165) is 24.3 Å². The minimum atomic E-state index is -0.180. The monoisotopic (exact) mass is 390 g/mol. The van der Waals surface area contributed by atoms with Gasteiger partial charge in [-0.1, -0.05) is 0 Å². The van der Waals surface area contributed by atoms with E-state index in [4.69, 9.17) is 9.47 Å². The summed E-state index contributed by atoms with van der Waals surface area (Å²) in [5.41, 5.74) is 1.36. The van der Waals surface area contributed by atoms with Crippen LogP contribution < -0.4 is 9.47 Å². The van der Waals surface area contributed by atoms with Crippen LogP contribution in [0.25, 0.3) is 0 Å². The number of hydrogen-bond acceptors (Lipinski definition) is 6. The van der Waals surface area contributed by atoms with Crippen molar-refractivity contribution in [2.24, 2.45) is 0 Å². The van der Waals surface area contributed by atoms with E-state index in [2.05, 4.69) is 15.0 Å². The molecule has 1 aromatic carbocycles. The van der Waals surface area contributed by atoms with E-state index in [1.165, 1.54) is 0 Å². The van der Waals surface area contributed by atoms with Crippen molar-refractivity contribution in [3.05, 3.63) is 71.9 Å². The van der Waals surface area contributed by atoms with Crippen molar-refractivity contribution in [1.29, 1.82) is 0 Å². The fourth-order valence-corrected chi connectivity index (χ4v) is 3.46. The number of likely N-dealkylation sites (tertiary alicyclic amines) is 1. The maximum atomic E-state index is 12.9. The number of pyridine rings is 1. The van der Waals surface area contributed by atoms with Gasteiger partial charge in [-0.15, -0.1) is 0 Å². The van der Waals surface area contributed by atoms with Crippen LogP contribution in [0.15, 0.2) is 54.9 Å². The first kappa shape index (κ1) is 18.9. The third-order valence-corrected chi connectivity index (χ3v) is 4.85. The van der Waals surface area contributed by atoms with Gasteiger partial charge in [-0.25, -0.2) is 4.98 Å². The number of aromatic nitrogens is 3. The second kappa shape index (κ2) is 8.26. The van der Waals surface area contributed by atoms with E-state index < -0.39 is 0 Å². The van der Waals surface area contributed by atoms with E-state index >= 15 is 0 Å². The van der Waals surface area contributed by atoms with Crippen molar-refractivity contribution in [2.75, 3.05) is 13.7 Å². The number of rotatable bonds is 5. The highest BCUT2D eigenvalue weighted by Gasteiger charge is 2.33. The van der Waals surface area contributed by atoms with E-state index in [1.807, 2.05) is 36.1 Å². The minimum absolute atomic E-state index is 0.0525. The Morgan fingerprint density at radius 2 is 1.93 bits per heavy atom. The number of hydrogen-bond donors (Lipinski definition) is 0. The van der Waals surface area contributed by atoms with Crippen molar-refractivity contribution in [3.63, 3.8) is 0 Å². The molecule has 0 aliphatic carbocycles. The Morgan fingerprint density at radius 3 is 2.66 bits per heavy atom. The molecular formula is C22H22N4O3. The molecule has 4 rings (SSSR count). The lowest BCUT2D eigenvalue weighted by Crippen LogP contribution is -2.31. The first-order valence-corrected chi connectivity index (χ1v) is 9.52. The molecule has 0 radical (unpaired) electrons. The average molecular weight is 390 g/mol. The lowest BCUT2D eigenvalue weighted by atomic mass is 10.1. The third-order valence-electron chi connectivity index (χ3n) is 4.85. The molecule has 0 N–H and O–H groups in total. The summed E-state index contributed by atoms with van der Waals surface area (Å²) in [5, 5.41) is 0. The molecule has 0 bridgehead atoms. The van der Waals surface area contributed by atoms with Crippen molar-refractivity contribution in [3.8, 4) is 17.4 Å². The molecule has 7 nitrogen and oxygen atoms in total. The number of methoxy groups -OCH3 is 1. The van der Waals surface area contributed by atoms with E-state index in [9.17, 15) is 4.79 Å². The maximum Gasteiger partial charge on any atom is 0.256 e. The number of aryl methyl sites for hydroxylation is 1. The van der Waals surface area contributed by atoms with Crippen LogP contribution in [0.3, 0.4) is 0 Å². The Hall–Kier alpha value is -3.48.